The molecule has 0 unspecified atom stereocenters. The third-order valence-electron chi connectivity index (χ3n) is 5.92. The summed E-state index contributed by atoms with van der Waals surface area (Å²) < 4.78 is 39.9. The van der Waals surface area contributed by atoms with Gasteiger partial charge in [-0.05, 0) is 55.7 Å². The van der Waals surface area contributed by atoms with Crippen LogP contribution in [0.1, 0.15) is 45.6 Å². The minimum absolute atomic E-state index is 0.000217. The third kappa shape index (κ3) is 4.79. The van der Waals surface area contributed by atoms with Gasteiger partial charge >= 0.3 is 6.18 Å². The lowest BCUT2D eigenvalue weighted by Crippen LogP contribution is -2.36. The zero-order valence-corrected chi connectivity index (χ0v) is 18.4. The SMILES string of the molecule is Cc1c(C(=O)Cc2cnc(N3CCC(O)CC3)c(C#N)c2)cnn1-c1ccc(C(F)(F)F)cc1. The molecule has 0 saturated carbocycles. The standard InChI is InChI=1S/C24H22F3N5O2/c1-15-21(14-30-32(15)19-4-2-18(3-5-19)24(25,26)27)22(34)11-16-10-17(12-28)23(29-13-16)31-8-6-20(33)7-9-31/h2-5,10,13-14,20,33H,6-9,11H2,1H3. The number of hydrogen-bond acceptors (Lipinski definition) is 6. The van der Waals surface area contributed by atoms with Gasteiger partial charge in [0, 0.05) is 25.7 Å². The molecular weight excluding hydrogens is 447 g/mol. The van der Waals surface area contributed by atoms with Crippen LogP contribution in [0.3, 0.4) is 0 Å². The summed E-state index contributed by atoms with van der Waals surface area (Å²) in [7, 11) is 0. The first kappa shape index (κ1) is 23.4. The maximum atomic E-state index is 12.9. The maximum absolute atomic E-state index is 12.9. The van der Waals surface area contributed by atoms with Crippen molar-refractivity contribution in [1.29, 1.82) is 5.26 Å². The molecule has 3 aromatic rings. The van der Waals surface area contributed by atoms with Crippen molar-refractivity contribution in [1.82, 2.24) is 14.8 Å². The molecule has 1 saturated heterocycles. The van der Waals surface area contributed by atoms with E-state index in [4.69, 9.17) is 0 Å². The first-order chi connectivity index (χ1) is 16.2. The number of carbonyl (C=O) groups excluding carboxylic acids is 1. The molecule has 176 valence electrons. The van der Waals surface area contributed by atoms with Gasteiger partial charge in [-0.2, -0.15) is 23.5 Å². The third-order valence-corrected chi connectivity index (χ3v) is 5.92. The van der Waals surface area contributed by atoms with Crippen LogP contribution in [0, 0.1) is 18.3 Å². The normalized spacial score (nSPS) is 14.8. The number of alkyl halides is 3. The van der Waals surface area contributed by atoms with Crippen LogP contribution >= 0.6 is 0 Å². The van der Waals surface area contributed by atoms with Crippen LogP contribution < -0.4 is 4.90 Å². The predicted octanol–water partition coefficient (Wildman–Crippen LogP) is 3.85. The van der Waals surface area contributed by atoms with E-state index < -0.39 is 11.7 Å². The van der Waals surface area contributed by atoms with Crippen molar-refractivity contribution in [2.24, 2.45) is 0 Å². The van der Waals surface area contributed by atoms with Crippen molar-refractivity contribution in [3.8, 4) is 11.8 Å². The van der Waals surface area contributed by atoms with E-state index in [1.165, 1.54) is 23.0 Å². The second-order valence-electron chi connectivity index (χ2n) is 8.24. The summed E-state index contributed by atoms with van der Waals surface area (Å²) in [5, 5.41) is 23.5. The van der Waals surface area contributed by atoms with E-state index in [1.807, 2.05) is 4.90 Å². The highest BCUT2D eigenvalue weighted by molar-refractivity contribution is 5.98. The number of halogens is 3. The Morgan fingerprint density at radius 2 is 1.88 bits per heavy atom. The van der Waals surface area contributed by atoms with Crippen LogP contribution in [0.25, 0.3) is 5.69 Å². The highest BCUT2D eigenvalue weighted by Crippen LogP contribution is 2.30. The van der Waals surface area contributed by atoms with Crippen molar-refractivity contribution >= 4 is 11.6 Å². The fourth-order valence-electron chi connectivity index (χ4n) is 4.03. The second-order valence-corrected chi connectivity index (χ2v) is 8.24. The van der Waals surface area contributed by atoms with Crippen LogP contribution in [0.2, 0.25) is 0 Å². The van der Waals surface area contributed by atoms with E-state index in [2.05, 4.69) is 16.2 Å². The number of benzene rings is 1. The van der Waals surface area contributed by atoms with Gasteiger partial charge in [0.2, 0.25) is 0 Å². The lowest BCUT2D eigenvalue weighted by Gasteiger charge is -2.31. The number of ketones is 1. The zero-order valence-electron chi connectivity index (χ0n) is 18.4. The molecule has 0 amide bonds. The van der Waals surface area contributed by atoms with E-state index in [1.54, 1.807) is 19.2 Å². The molecule has 1 N–H and O–H groups in total. The first-order valence-corrected chi connectivity index (χ1v) is 10.7. The summed E-state index contributed by atoms with van der Waals surface area (Å²) in [6.45, 7) is 2.87. The topological polar surface area (TPSA) is 95.0 Å². The number of pyridine rings is 1. The molecule has 0 radical (unpaired) electrons. The van der Waals surface area contributed by atoms with Crippen LogP contribution in [0.15, 0.2) is 42.7 Å². The minimum Gasteiger partial charge on any atom is -0.393 e. The van der Waals surface area contributed by atoms with Gasteiger partial charge in [-0.3, -0.25) is 4.79 Å². The zero-order chi connectivity index (χ0) is 24.5. The van der Waals surface area contributed by atoms with Crippen molar-refractivity contribution < 1.29 is 23.1 Å². The first-order valence-electron chi connectivity index (χ1n) is 10.7. The Morgan fingerprint density at radius 1 is 1.21 bits per heavy atom. The average Bonchev–Trinajstić information content (AvgIpc) is 3.20. The average molecular weight is 469 g/mol. The van der Waals surface area contributed by atoms with E-state index in [-0.39, 0.29) is 18.3 Å². The van der Waals surface area contributed by atoms with Gasteiger partial charge in [0.15, 0.2) is 5.78 Å². The van der Waals surface area contributed by atoms with Crippen molar-refractivity contribution in [3.63, 3.8) is 0 Å². The lowest BCUT2D eigenvalue weighted by molar-refractivity contribution is -0.137. The molecule has 3 heterocycles. The van der Waals surface area contributed by atoms with E-state index in [0.29, 0.717) is 59.8 Å². The number of anilines is 1. The molecule has 0 aliphatic carbocycles. The summed E-state index contributed by atoms with van der Waals surface area (Å²) in [5.74, 6) is 0.298. The Balaban J connectivity index is 1.51. The number of aliphatic hydroxyl groups excluding tert-OH is 1. The molecule has 1 aliphatic rings. The highest BCUT2D eigenvalue weighted by Gasteiger charge is 2.30. The van der Waals surface area contributed by atoms with E-state index >= 15 is 0 Å². The van der Waals surface area contributed by atoms with Crippen molar-refractivity contribution in [3.05, 3.63) is 70.7 Å². The van der Waals surface area contributed by atoms with Crippen LogP contribution in [0.5, 0.6) is 0 Å². The molecule has 2 aromatic heterocycles. The Kier molecular flexibility index (Phi) is 6.39. The van der Waals surface area contributed by atoms with Crippen molar-refractivity contribution in [2.45, 2.75) is 38.5 Å². The van der Waals surface area contributed by atoms with Gasteiger partial charge in [-0.1, -0.05) is 0 Å². The molecule has 0 atom stereocenters. The number of aromatic nitrogens is 3. The molecule has 1 aromatic carbocycles. The number of hydrogen-bond donors (Lipinski definition) is 1. The van der Waals surface area contributed by atoms with E-state index in [9.17, 15) is 28.3 Å². The Labute approximate surface area is 194 Å². The number of nitrogens with zero attached hydrogens (tertiary/aromatic N) is 5. The Hall–Kier alpha value is -3.71. The van der Waals surface area contributed by atoms with Gasteiger partial charge < -0.3 is 10.0 Å². The molecule has 0 bridgehead atoms. The molecule has 4 rings (SSSR count). The molecule has 10 heteroatoms. The van der Waals surface area contributed by atoms with Gasteiger partial charge in [0.25, 0.3) is 0 Å². The number of Topliss-reactive ketones (excluding diaryl/α,β-unsaturated/α-hetero) is 1. The maximum Gasteiger partial charge on any atom is 0.416 e. The fraction of sp³-hybridized carbons (Fsp3) is 0.333. The summed E-state index contributed by atoms with van der Waals surface area (Å²) in [6, 6.07) is 8.32. The molecule has 7 nitrogen and oxygen atoms in total. The molecule has 1 aliphatic heterocycles. The smallest absolute Gasteiger partial charge is 0.393 e. The van der Waals surface area contributed by atoms with Crippen molar-refractivity contribution in [2.75, 3.05) is 18.0 Å². The summed E-state index contributed by atoms with van der Waals surface area (Å²) in [5.41, 5.74) is 1.42. The molecule has 1 fully saturated rings. The molecule has 34 heavy (non-hydrogen) atoms. The number of piperidine rings is 1. The van der Waals surface area contributed by atoms with Crippen LogP contribution in [-0.2, 0) is 12.6 Å². The fourth-order valence-corrected chi connectivity index (χ4v) is 4.03. The number of carbonyl (C=O) groups is 1. The number of nitriles is 1. The quantitative estimate of drug-likeness (QED) is 0.571. The van der Waals surface area contributed by atoms with Gasteiger partial charge in [0.1, 0.15) is 11.9 Å². The second kappa shape index (κ2) is 9.27. The summed E-state index contributed by atoms with van der Waals surface area (Å²) in [4.78, 5) is 19.3. The van der Waals surface area contributed by atoms with Gasteiger partial charge in [-0.15, -0.1) is 0 Å². The van der Waals surface area contributed by atoms with Gasteiger partial charge in [0.05, 0.1) is 40.4 Å². The van der Waals surface area contributed by atoms with Gasteiger partial charge in [-0.25, -0.2) is 9.67 Å². The van der Waals surface area contributed by atoms with E-state index in [0.717, 1.165) is 12.1 Å². The number of aliphatic hydroxyl groups is 1. The molecule has 0 spiro atoms. The minimum atomic E-state index is -4.43. The predicted molar refractivity (Wildman–Crippen MR) is 118 cm³/mol. The monoisotopic (exact) mass is 469 g/mol. The lowest BCUT2D eigenvalue weighted by atomic mass is 10.0. The molecular formula is C24H22F3N5O2. The largest absolute Gasteiger partial charge is 0.416 e. The summed E-state index contributed by atoms with van der Waals surface area (Å²) in [6.07, 6.45) is -0.606. The highest BCUT2D eigenvalue weighted by atomic mass is 19.4. The Bertz CT molecular complexity index is 1240. The van der Waals surface area contributed by atoms with Crippen LogP contribution in [0.4, 0.5) is 19.0 Å². The number of rotatable bonds is 5. The van der Waals surface area contributed by atoms with Crippen LogP contribution in [-0.4, -0.2) is 44.8 Å². The summed E-state index contributed by atoms with van der Waals surface area (Å²) >= 11 is 0. The Morgan fingerprint density at radius 3 is 2.50 bits per heavy atom.